The molecular weight excluding hydrogens is 448 g/mol. The van der Waals surface area contributed by atoms with Gasteiger partial charge in [-0.1, -0.05) is 46.8 Å². The molecule has 3 amide bonds. The number of benzene rings is 1. The first-order valence-corrected chi connectivity index (χ1v) is 12.8. The number of carbonyl (C=O) groups excluding carboxylic acids is 3. The normalized spacial score (nSPS) is 25.6. The number of rotatable bonds is 4. The van der Waals surface area contributed by atoms with E-state index in [0.717, 1.165) is 0 Å². The van der Waals surface area contributed by atoms with Crippen molar-refractivity contribution in [1.82, 2.24) is 9.80 Å². The van der Waals surface area contributed by atoms with E-state index in [0.29, 0.717) is 34.6 Å². The van der Waals surface area contributed by atoms with Crippen molar-refractivity contribution in [2.24, 2.45) is 16.7 Å². The van der Waals surface area contributed by atoms with Crippen molar-refractivity contribution in [3.05, 3.63) is 35.4 Å². The molecule has 0 spiro atoms. The molecule has 1 unspecified atom stereocenters. The number of fused-ring (bicyclic) bond motifs is 1. The Kier molecular flexibility index (Phi) is 6.59. The Morgan fingerprint density at radius 2 is 1.59 bits per heavy atom. The Balaban J connectivity index is 2.04. The van der Waals surface area contributed by atoms with Crippen LogP contribution in [0.5, 0.6) is 0 Å². The summed E-state index contributed by atoms with van der Waals surface area (Å²) in [5.74, 6) is -0.497. The zero-order chi connectivity index (χ0) is 25.9. The molecule has 3 rings (SSSR count). The standard InChI is InChI=1S/C26H40N2O5Si/c1-16(28-20(29)17-12-10-11-13-18(17)21(28)30)14-26(33-34)25(8,9)19(23(2,3)4)15-27(26)22(31)32-24(5,6)7/h10-13,16,19H,14-15H2,1-9,34H3/t16?,19-,26-/m1/s1. The summed E-state index contributed by atoms with van der Waals surface area (Å²) >= 11 is 0. The molecule has 1 aromatic rings. The summed E-state index contributed by atoms with van der Waals surface area (Å²) < 4.78 is 12.2. The quantitative estimate of drug-likeness (QED) is 0.473. The van der Waals surface area contributed by atoms with Crippen molar-refractivity contribution >= 4 is 28.4 Å². The average Bonchev–Trinajstić information content (AvgIpc) is 3.08. The third-order valence-corrected chi connectivity index (χ3v) is 8.19. The molecule has 2 heterocycles. The van der Waals surface area contributed by atoms with Crippen molar-refractivity contribution in [2.75, 3.05) is 6.54 Å². The van der Waals surface area contributed by atoms with Crippen molar-refractivity contribution < 1.29 is 23.5 Å². The van der Waals surface area contributed by atoms with Crippen LogP contribution in [0.2, 0.25) is 0 Å². The number of likely N-dealkylation sites (tertiary alicyclic amines) is 1. The number of ether oxygens (including phenoxy) is 1. The van der Waals surface area contributed by atoms with Gasteiger partial charge in [-0.15, -0.1) is 0 Å². The number of hydrogen-bond acceptors (Lipinski definition) is 5. The molecule has 188 valence electrons. The van der Waals surface area contributed by atoms with Crippen LogP contribution in [-0.4, -0.2) is 62.1 Å². The van der Waals surface area contributed by atoms with E-state index in [1.165, 1.54) is 4.90 Å². The lowest BCUT2D eigenvalue weighted by molar-refractivity contribution is -0.135. The van der Waals surface area contributed by atoms with Gasteiger partial charge >= 0.3 is 6.09 Å². The molecular formula is C26H40N2O5Si. The number of hydrogen-bond donors (Lipinski definition) is 0. The topological polar surface area (TPSA) is 76.2 Å². The van der Waals surface area contributed by atoms with Gasteiger partial charge in [0.15, 0.2) is 0 Å². The van der Waals surface area contributed by atoms with Crippen molar-refractivity contribution in [2.45, 2.75) is 86.1 Å². The van der Waals surface area contributed by atoms with E-state index < -0.39 is 28.9 Å². The van der Waals surface area contributed by atoms with Gasteiger partial charge in [0.2, 0.25) is 0 Å². The van der Waals surface area contributed by atoms with Gasteiger partial charge in [-0.25, -0.2) is 4.79 Å². The highest BCUT2D eigenvalue weighted by Crippen LogP contribution is 2.57. The molecule has 2 aliphatic heterocycles. The van der Waals surface area contributed by atoms with Gasteiger partial charge in [0, 0.05) is 24.4 Å². The third-order valence-electron chi connectivity index (χ3n) is 7.51. The zero-order valence-electron chi connectivity index (χ0n) is 22.3. The third kappa shape index (κ3) is 4.19. The second-order valence-electron chi connectivity index (χ2n) is 12.3. The predicted octanol–water partition coefficient (Wildman–Crippen LogP) is 3.99. The minimum absolute atomic E-state index is 0.107. The van der Waals surface area contributed by atoms with Crippen LogP contribution in [0.25, 0.3) is 0 Å². The van der Waals surface area contributed by atoms with Crippen LogP contribution in [0.15, 0.2) is 24.3 Å². The Bertz CT molecular complexity index is 959. The summed E-state index contributed by atoms with van der Waals surface area (Å²) in [6.07, 6.45) is -0.126. The average molecular weight is 489 g/mol. The van der Waals surface area contributed by atoms with E-state index >= 15 is 0 Å². The summed E-state index contributed by atoms with van der Waals surface area (Å²) in [4.78, 5) is 42.9. The van der Waals surface area contributed by atoms with Crippen molar-refractivity contribution in [3.63, 3.8) is 0 Å². The molecule has 0 radical (unpaired) electrons. The first-order valence-electron chi connectivity index (χ1n) is 12.0. The summed E-state index contributed by atoms with van der Waals surface area (Å²) in [7, 11) is 0.372. The molecule has 0 aliphatic carbocycles. The van der Waals surface area contributed by atoms with E-state index in [2.05, 4.69) is 34.6 Å². The van der Waals surface area contributed by atoms with Gasteiger partial charge in [0.05, 0.1) is 11.1 Å². The summed E-state index contributed by atoms with van der Waals surface area (Å²) in [5, 5.41) is 0. The second kappa shape index (κ2) is 8.48. The van der Waals surface area contributed by atoms with Crippen LogP contribution in [0.3, 0.4) is 0 Å². The smallest absolute Gasteiger partial charge is 0.412 e. The molecule has 0 bridgehead atoms. The predicted molar refractivity (Wildman–Crippen MR) is 134 cm³/mol. The molecule has 2 aliphatic rings. The maximum absolute atomic E-state index is 13.5. The number of imide groups is 1. The van der Waals surface area contributed by atoms with Gasteiger partial charge in [-0.2, -0.15) is 0 Å². The van der Waals surface area contributed by atoms with Gasteiger partial charge < -0.3 is 9.16 Å². The van der Waals surface area contributed by atoms with Crippen LogP contribution < -0.4 is 0 Å². The highest BCUT2D eigenvalue weighted by molar-refractivity contribution is 6.21. The fourth-order valence-electron chi connectivity index (χ4n) is 6.00. The second-order valence-corrected chi connectivity index (χ2v) is 12.7. The number of amides is 3. The monoisotopic (exact) mass is 488 g/mol. The number of carbonyl (C=O) groups is 3. The van der Waals surface area contributed by atoms with Crippen LogP contribution in [0, 0.1) is 16.7 Å². The van der Waals surface area contributed by atoms with Crippen molar-refractivity contribution in [1.29, 1.82) is 0 Å². The lowest BCUT2D eigenvalue weighted by Gasteiger charge is -2.50. The highest BCUT2D eigenvalue weighted by atomic mass is 28.2. The molecule has 3 atom stereocenters. The molecule has 0 aromatic heterocycles. The van der Waals surface area contributed by atoms with E-state index in [1.807, 2.05) is 27.7 Å². The molecule has 7 nitrogen and oxygen atoms in total. The van der Waals surface area contributed by atoms with Crippen LogP contribution in [-0.2, 0) is 9.16 Å². The molecule has 34 heavy (non-hydrogen) atoms. The van der Waals surface area contributed by atoms with Gasteiger partial charge in [-0.3, -0.25) is 19.4 Å². The zero-order valence-corrected chi connectivity index (χ0v) is 24.3. The molecule has 8 heteroatoms. The molecule has 0 saturated carbocycles. The van der Waals surface area contributed by atoms with Crippen molar-refractivity contribution in [3.8, 4) is 0 Å². The minimum atomic E-state index is -1.02. The molecule has 1 fully saturated rings. The van der Waals surface area contributed by atoms with Crippen LogP contribution >= 0.6 is 0 Å². The molecule has 1 saturated heterocycles. The lowest BCUT2D eigenvalue weighted by atomic mass is 9.63. The maximum Gasteiger partial charge on any atom is 0.412 e. The van der Waals surface area contributed by atoms with E-state index in [-0.39, 0.29) is 23.1 Å². The van der Waals surface area contributed by atoms with E-state index in [1.54, 1.807) is 29.2 Å². The minimum Gasteiger partial charge on any atom is -0.444 e. The fraction of sp³-hybridized carbons (Fsp3) is 0.654. The SMILES string of the molecule is CC(C[C@]1(O[SiH3])N(C(=O)OC(C)(C)C)C[C@H](C(C)(C)C)C1(C)C)N1C(=O)c2ccccc2C1=O. The van der Waals surface area contributed by atoms with Gasteiger partial charge in [0.25, 0.3) is 11.8 Å². The van der Waals surface area contributed by atoms with Crippen LogP contribution in [0.4, 0.5) is 4.79 Å². The van der Waals surface area contributed by atoms with Gasteiger partial charge in [0.1, 0.15) is 21.8 Å². The van der Waals surface area contributed by atoms with Crippen LogP contribution in [0.1, 0.15) is 89.5 Å². The first-order chi connectivity index (χ1) is 15.5. The Morgan fingerprint density at radius 3 is 2.00 bits per heavy atom. The largest absolute Gasteiger partial charge is 0.444 e. The lowest BCUT2D eigenvalue weighted by Crippen LogP contribution is -2.60. The number of nitrogens with zero attached hydrogens (tertiary/aromatic N) is 2. The highest BCUT2D eigenvalue weighted by Gasteiger charge is 2.64. The van der Waals surface area contributed by atoms with E-state index in [4.69, 9.17) is 9.16 Å². The maximum atomic E-state index is 13.5. The molecule has 0 N–H and O–H groups in total. The Labute approximate surface area is 206 Å². The first kappa shape index (κ1) is 26.4. The van der Waals surface area contributed by atoms with Gasteiger partial charge in [-0.05, 0) is 51.2 Å². The van der Waals surface area contributed by atoms with E-state index in [9.17, 15) is 14.4 Å². The summed E-state index contributed by atoms with van der Waals surface area (Å²) in [6, 6.07) is 6.41. The fourth-order valence-corrected chi connectivity index (χ4v) is 6.92. The summed E-state index contributed by atoms with van der Waals surface area (Å²) in [6.45, 7) is 18.6. The Morgan fingerprint density at radius 1 is 1.09 bits per heavy atom. The Hall–Kier alpha value is -2.19. The molecule has 1 aromatic carbocycles. The summed E-state index contributed by atoms with van der Waals surface area (Å²) in [5.41, 5.74) is -1.41.